The number of hydrogen-bond acceptors (Lipinski definition) is 10. The largest absolute Gasteiger partial charge is 0.462 e. The van der Waals surface area contributed by atoms with Gasteiger partial charge < -0.3 is 31.2 Å². The molecule has 1 amide bonds. The van der Waals surface area contributed by atoms with Gasteiger partial charge in [-0.3, -0.25) is 23.9 Å². The molecule has 13 heteroatoms. The van der Waals surface area contributed by atoms with Crippen molar-refractivity contribution >= 4 is 11.9 Å². The summed E-state index contributed by atoms with van der Waals surface area (Å²) in [5.41, 5.74) is 6.37. The van der Waals surface area contributed by atoms with Crippen molar-refractivity contribution in [3.63, 3.8) is 0 Å². The first-order valence-electron chi connectivity index (χ1n) is 8.10. The van der Waals surface area contributed by atoms with Crippen LogP contribution >= 0.6 is 0 Å². The molecule has 5 atom stereocenters. The first-order valence-corrected chi connectivity index (χ1v) is 8.10. The van der Waals surface area contributed by atoms with Gasteiger partial charge in [-0.1, -0.05) is 0 Å². The molecule has 0 spiro atoms. The van der Waals surface area contributed by atoms with E-state index in [0.717, 1.165) is 12.3 Å². The molecule has 7 N–H and O–H groups in total. The molecule has 0 saturated carbocycles. The van der Waals surface area contributed by atoms with Crippen LogP contribution in [-0.2, 0) is 24.8 Å². The van der Waals surface area contributed by atoms with Gasteiger partial charge in [0.1, 0.15) is 37.0 Å². The number of aliphatic hydroxyl groups is 2. The lowest BCUT2D eigenvalue weighted by Crippen LogP contribution is -2.50. The van der Waals surface area contributed by atoms with E-state index in [1.54, 1.807) is 6.07 Å². The standard InChI is InChI=1S/C15H19N5O8/c16-6-15(20-4-3-10(22)19-14(20)26)12(24)11(23)8(28-15)5-27-13(25)7(17)1-2-9(18)21/h3-4,7-8,11-12,23-24H,1-2,5,17H2,(H2,18,21)(H,19,22,26)/t7-,8+,11?,12?,15+/m0/s1. The molecule has 1 aliphatic rings. The third-order valence-electron chi connectivity index (χ3n) is 4.17. The van der Waals surface area contributed by atoms with Crippen molar-refractivity contribution in [3.05, 3.63) is 33.1 Å². The van der Waals surface area contributed by atoms with Crippen molar-refractivity contribution in [2.45, 2.75) is 42.9 Å². The summed E-state index contributed by atoms with van der Waals surface area (Å²) in [5.74, 6) is -1.56. The smallest absolute Gasteiger partial charge is 0.331 e. The van der Waals surface area contributed by atoms with Gasteiger partial charge in [0.05, 0.1) is 0 Å². The summed E-state index contributed by atoms with van der Waals surface area (Å²) in [7, 11) is 0. The highest BCUT2D eigenvalue weighted by molar-refractivity contribution is 5.78. The average Bonchev–Trinajstić information content (AvgIpc) is 2.89. The van der Waals surface area contributed by atoms with E-state index in [2.05, 4.69) is 0 Å². The summed E-state index contributed by atoms with van der Waals surface area (Å²) in [6.07, 6.45) is -4.24. The Kier molecular flexibility index (Phi) is 6.31. The van der Waals surface area contributed by atoms with Gasteiger partial charge in [-0.05, 0) is 6.42 Å². The Morgan fingerprint density at radius 3 is 2.71 bits per heavy atom. The minimum atomic E-state index is -2.36. The van der Waals surface area contributed by atoms with Crippen molar-refractivity contribution in [1.29, 1.82) is 5.26 Å². The molecule has 1 aromatic heterocycles. The Hall–Kier alpha value is -3.05. The fourth-order valence-corrected chi connectivity index (χ4v) is 2.65. The molecule has 0 bridgehead atoms. The number of aromatic nitrogens is 2. The second-order valence-electron chi connectivity index (χ2n) is 6.12. The van der Waals surface area contributed by atoms with Gasteiger partial charge in [0.2, 0.25) is 5.91 Å². The lowest BCUT2D eigenvalue weighted by Gasteiger charge is -2.26. The number of aliphatic hydroxyl groups excluding tert-OH is 2. The van der Waals surface area contributed by atoms with Crippen molar-refractivity contribution < 1.29 is 29.3 Å². The molecule has 1 saturated heterocycles. The number of carbonyl (C=O) groups is 2. The van der Waals surface area contributed by atoms with E-state index >= 15 is 0 Å². The number of nitrogens with two attached hydrogens (primary N) is 2. The van der Waals surface area contributed by atoms with Crippen LogP contribution in [0.25, 0.3) is 0 Å². The third-order valence-corrected chi connectivity index (χ3v) is 4.17. The number of nitrogens with one attached hydrogen (secondary N) is 1. The van der Waals surface area contributed by atoms with Crippen molar-refractivity contribution in [2.24, 2.45) is 11.5 Å². The number of amides is 1. The Bertz CT molecular complexity index is 905. The van der Waals surface area contributed by atoms with Crippen LogP contribution in [0.1, 0.15) is 12.8 Å². The van der Waals surface area contributed by atoms with Crippen molar-refractivity contribution in [2.75, 3.05) is 6.61 Å². The predicted octanol–water partition coefficient (Wildman–Crippen LogP) is -4.03. The summed E-state index contributed by atoms with van der Waals surface area (Å²) in [6.45, 7) is -0.594. The number of primary amides is 1. The summed E-state index contributed by atoms with van der Waals surface area (Å²) < 4.78 is 10.9. The highest BCUT2D eigenvalue weighted by Crippen LogP contribution is 2.34. The van der Waals surface area contributed by atoms with E-state index in [9.17, 15) is 34.7 Å². The van der Waals surface area contributed by atoms with Gasteiger partial charge in [0.25, 0.3) is 11.3 Å². The van der Waals surface area contributed by atoms with Crippen LogP contribution in [-0.4, -0.2) is 62.6 Å². The average molecular weight is 397 g/mol. The summed E-state index contributed by atoms with van der Waals surface area (Å²) >= 11 is 0. The molecule has 2 unspecified atom stereocenters. The third kappa shape index (κ3) is 4.10. The Morgan fingerprint density at radius 1 is 1.46 bits per heavy atom. The fraction of sp³-hybridized carbons (Fsp3) is 0.533. The zero-order valence-corrected chi connectivity index (χ0v) is 14.5. The zero-order valence-electron chi connectivity index (χ0n) is 14.5. The second-order valence-corrected chi connectivity index (χ2v) is 6.12. The molecular weight excluding hydrogens is 378 g/mol. The maximum atomic E-state index is 12.0. The van der Waals surface area contributed by atoms with E-state index in [0.29, 0.717) is 4.57 Å². The maximum Gasteiger partial charge on any atom is 0.331 e. The normalized spacial score (nSPS) is 27.7. The van der Waals surface area contributed by atoms with E-state index in [-0.39, 0.29) is 12.8 Å². The quantitative estimate of drug-likeness (QED) is 0.280. The van der Waals surface area contributed by atoms with Gasteiger partial charge in [-0.2, -0.15) is 5.26 Å². The molecule has 0 radical (unpaired) electrons. The molecule has 152 valence electrons. The van der Waals surface area contributed by atoms with Gasteiger partial charge in [0, 0.05) is 18.7 Å². The number of hydrogen-bond donors (Lipinski definition) is 5. The zero-order chi connectivity index (χ0) is 21.1. The number of aromatic amines is 1. The number of H-pyrrole nitrogens is 1. The maximum absolute atomic E-state index is 12.0. The highest BCUT2D eigenvalue weighted by Gasteiger charge is 2.57. The van der Waals surface area contributed by atoms with Gasteiger partial charge in [-0.25, -0.2) is 4.79 Å². The molecule has 0 aromatic carbocycles. The Balaban J connectivity index is 2.14. The number of nitriles is 1. The van der Waals surface area contributed by atoms with Gasteiger partial charge in [-0.15, -0.1) is 0 Å². The number of ether oxygens (including phenoxy) is 2. The summed E-state index contributed by atoms with van der Waals surface area (Å²) in [4.78, 5) is 47.6. The van der Waals surface area contributed by atoms with Crippen LogP contribution in [0.15, 0.2) is 21.9 Å². The first-order chi connectivity index (χ1) is 13.1. The van der Waals surface area contributed by atoms with E-state index in [4.69, 9.17) is 20.9 Å². The number of nitrogens with zero attached hydrogens (tertiary/aromatic N) is 2. The molecule has 1 aromatic rings. The van der Waals surface area contributed by atoms with Crippen LogP contribution in [0.4, 0.5) is 0 Å². The Labute approximate surface area is 157 Å². The lowest BCUT2D eigenvalue weighted by atomic mass is 10.0. The van der Waals surface area contributed by atoms with E-state index < -0.39 is 59.8 Å². The topological polar surface area (TPSA) is 224 Å². The van der Waals surface area contributed by atoms with Gasteiger partial charge >= 0.3 is 11.7 Å². The highest BCUT2D eigenvalue weighted by atomic mass is 16.6. The number of carbonyl (C=O) groups excluding carboxylic acids is 2. The SMILES string of the molecule is N#C[C@@]1(n2ccc(=O)[nH]c2=O)O[C@H](COC(=O)[C@@H](N)CCC(N)=O)C(O)C1O. The monoisotopic (exact) mass is 397 g/mol. The van der Waals surface area contributed by atoms with E-state index in [1.807, 2.05) is 4.98 Å². The predicted molar refractivity (Wildman–Crippen MR) is 89.2 cm³/mol. The summed E-state index contributed by atoms with van der Waals surface area (Å²) in [6, 6.07) is 1.37. The molecule has 2 heterocycles. The molecule has 0 aliphatic carbocycles. The summed E-state index contributed by atoms with van der Waals surface area (Å²) in [5, 5.41) is 29.9. The lowest BCUT2D eigenvalue weighted by molar-refractivity contribution is -0.155. The molecular formula is C15H19N5O8. The van der Waals surface area contributed by atoms with E-state index in [1.165, 1.54) is 0 Å². The number of esters is 1. The van der Waals surface area contributed by atoms with Crippen LogP contribution in [0, 0.1) is 11.3 Å². The van der Waals surface area contributed by atoms with Crippen LogP contribution < -0.4 is 22.7 Å². The molecule has 13 nitrogen and oxygen atoms in total. The molecule has 1 fully saturated rings. The Morgan fingerprint density at radius 2 is 2.14 bits per heavy atom. The van der Waals surface area contributed by atoms with Crippen LogP contribution in [0.2, 0.25) is 0 Å². The molecule has 2 rings (SSSR count). The van der Waals surface area contributed by atoms with Gasteiger partial charge in [0.15, 0.2) is 0 Å². The second kappa shape index (κ2) is 8.31. The first kappa shape index (κ1) is 21.3. The van der Waals surface area contributed by atoms with Crippen molar-refractivity contribution in [3.8, 4) is 6.07 Å². The van der Waals surface area contributed by atoms with Crippen LogP contribution in [0.3, 0.4) is 0 Å². The minimum Gasteiger partial charge on any atom is -0.462 e. The molecule has 1 aliphatic heterocycles. The fourth-order valence-electron chi connectivity index (χ4n) is 2.65. The minimum absolute atomic E-state index is 0.0558. The van der Waals surface area contributed by atoms with Crippen molar-refractivity contribution in [1.82, 2.24) is 9.55 Å². The van der Waals surface area contributed by atoms with Crippen LogP contribution in [0.5, 0.6) is 0 Å². The number of rotatable bonds is 7. The molecule has 28 heavy (non-hydrogen) atoms.